The Morgan fingerprint density at radius 3 is 2.95 bits per heavy atom. The van der Waals surface area contributed by atoms with Crippen molar-refractivity contribution in [2.75, 3.05) is 0 Å². The first-order valence-corrected chi connectivity index (χ1v) is 7.60. The van der Waals surface area contributed by atoms with Gasteiger partial charge in [-0.3, -0.25) is 4.98 Å². The van der Waals surface area contributed by atoms with Crippen LogP contribution < -0.4 is 4.74 Å². The van der Waals surface area contributed by atoms with E-state index in [-0.39, 0.29) is 0 Å². The minimum atomic E-state index is 0.310. The van der Waals surface area contributed by atoms with Crippen molar-refractivity contribution in [1.82, 2.24) is 9.97 Å². The number of halogens is 1. The van der Waals surface area contributed by atoms with Gasteiger partial charge in [0.05, 0.1) is 5.52 Å². The standard InChI is InChI=1S/C15H17BrN2O/c1-10-4-2-3-5-13(10)19-14-6-7-17-12-8-11(16)9-18-15(12)14/h6-10,13H,2-5H2,1H3. The van der Waals surface area contributed by atoms with Crippen LogP contribution in [0, 0.1) is 5.92 Å². The molecule has 0 spiro atoms. The first-order valence-electron chi connectivity index (χ1n) is 6.81. The molecular weight excluding hydrogens is 304 g/mol. The molecule has 0 aromatic carbocycles. The van der Waals surface area contributed by atoms with Crippen molar-refractivity contribution in [3.8, 4) is 5.75 Å². The average molecular weight is 321 g/mol. The van der Waals surface area contributed by atoms with E-state index in [4.69, 9.17) is 4.74 Å². The highest BCUT2D eigenvalue weighted by molar-refractivity contribution is 9.10. The molecule has 2 heterocycles. The quantitative estimate of drug-likeness (QED) is 0.825. The van der Waals surface area contributed by atoms with Gasteiger partial charge in [-0.1, -0.05) is 13.3 Å². The molecule has 2 atom stereocenters. The Labute approximate surface area is 121 Å². The van der Waals surface area contributed by atoms with Crippen LogP contribution in [0.3, 0.4) is 0 Å². The normalized spacial score (nSPS) is 23.5. The molecule has 1 saturated carbocycles. The van der Waals surface area contributed by atoms with Crippen LogP contribution in [0.1, 0.15) is 32.6 Å². The first kappa shape index (κ1) is 12.9. The molecule has 3 nitrogen and oxygen atoms in total. The van der Waals surface area contributed by atoms with E-state index in [9.17, 15) is 0 Å². The van der Waals surface area contributed by atoms with Crippen LogP contribution in [-0.4, -0.2) is 16.1 Å². The Balaban J connectivity index is 1.92. The lowest BCUT2D eigenvalue weighted by molar-refractivity contribution is 0.104. The van der Waals surface area contributed by atoms with Gasteiger partial charge in [0.2, 0.25) is 0 Å². The summed E-state index contributed by atoms with van der Waals surface area (Å²) in [5.41, 5.74) is 1.72. The summed E-state index contributed by atoms with van der Waals surface area (Å²) in [5, 5.41) is 0. The third kappa shape index (κ3) is 2.73. The highest BCUT2D eigenvalue weighted by Gasteiger charge is 2.23. The van der Waals surface area contributed by atoms with E-state index in [1.807, 2.05) is 12.1 Å². The predicted molar refractivity (Wildman–Crippen MR) is 79.3 cm³/mol. The van der Waals surface area contributed by atoms with Crippen LogP contribution in [0.4, 0.5) is 0 Å². The Bertz CT molecular complexity index is 587. The molecule has 100 valence electrons. The summed E-state index contributed by atoms with van der Waals surface area (Å²) in [5.74, 6) is 1.48. The first-order chi connectivity index (χ1) is 9.24. The maximum Gasteiger partial charge on any atom is 0.149 e. The van der Waals surface area contributed by atoms with Gasteiger partial charge in [0, 0.05) is 22.9 Å². The molecule has 3 rings (SSSR count). The van der Waals surface area contributed by atoms with Crippen LogP contribution in [0.25, 0.3) is 11.0 Å². The smallest absolute Gasteiger partial charge is 0.149 e. The lowest BCUT2D eigenvalue weighted by Crippen LogP contribution is -2.28. The lowest BCUT2D eigenvalue weighted by Gasteiger charge is -2.29. The molecule has 0 radical (unpaired) electrons. The number of aromatic nitrogens is 2. The van der Waals surface area contributed by atoms with E-state index in [2.05, 4.69) is 32.8 Å². The van der Waals surface area contributed by atoms with Gasteiger partial charge < -0.3 is 4.74 Å². The van der Waals surface area contributed by atoms with E-state index < -0.39 is 0 Å². The van der Waals surface area contributed by atoms with Gasteiger partial charge >= 0.3 is 0 Å². The van der Waals surface area contributed by atoms with E-state index >= 15 is 0 Å². The molecule has 0 N–H and O–H groups in total. The van der Waals surface area contributed by atoms with E-state index in [1.54, 1.807) is 12.4 Å². The average Bonchev–Trinajstić information content (AvgIpc) is 2.41. The summed E-state index contributed by atoms with van der Waals surface area (Å²) in [7, 11) is 0. The van der Waals surface area contributed by atoms with E-state index in [1.165, 1.54) is 19.3 Å². The second-order valence-corrected chi connectivity index (χ2v) is 6.16. The van der Waals surface area contributed by atoms with Gasteiger partial charge in [0.15, 0.2) is 0 Å². The van der Waals surface area contributed by atoms with Crippen molar-refractivity contribution in [1.29, 1.82) is 0 Å². The van der Waals surface area contributed by atoms with Crippen molar-refractivity contribution in [2.24, 2.45) is 5.92 Å². The van der Waals surface area contributed by atoms with Crippen molar-refractivity contribution < 1.29 is 4.74 Å². The van der Waals surface area contributed by atoms with Crippen LogP contribution in [0.2, 0.25) is 0 Å². The maximum absolute atomic E-state index is 6.20. The third-order valence-corrected chi connectivity index (χ3v) is 4.25. The largest absolute Gasteiger partial charge is 0.488 e. The predicted octanol–water partition coefficient (Wildman–Crippen LogP) is 4.35. The van der Waals surface area contributed by atoms with Crippen LogP contribution in [0.5, 0.6) is 5.75 Å². The van der Waals surface area contributed by atoms with Gasteiger partial charge in [0.25, 0.3) is 0 Å². The van der Waals surface area contributed by atoms with Crippen LogP contribution >= 0.6 is 15.9 Å². The second kappa shape index (κ2) is 5.45. The molecule has 2 unspecified atom stereocenters. The van der Waals surface area contributed by atoms with E-state index in [0.717, 1.165) is 27.7 Å². The van der Waals surface area contributed by atoms with Crippen molar-refractivity contribution in [3.63, 3.8) is 0 Å². The summed E-state index contributed by atoms with van der Waals surface area (Å²) < 4.78 is 7.14. The number of nitrogens with zero attached hydrogens (tertiary/aromatic N) is 2. The van der Waals surface area contributed by atoms with Crippen LogP contribution in [0.15, 0.2) is 29.0 Å². The van der Waals surface area contributed by atoms with Crippen LogP contribution in [-0.2, 0) is 0 Å². The van der Waals surface area contributed by atoms with E-state index in [0.29, 0.717) is 12.0 Å². The summed E-state index contributed by atoms with van der Waals surface area (Å²) in [4.78, 5) is 8.78. The molecule has 0 amide bonds. The van der Waals surface area contributed by atoms with Crippen molar-refractivity contribution in [2.45, 2.75) is 38.7 Å². The molecule has 4 heteroatoms. The van der Waals surface area contributed by atoms with Gasteiger partial charge in [-0.05, 0) is 47.2 Å². The fourth-order valence-corrected chi connectivity index (χ4v) is 3.02. The zero-order valence-electron chi connectivity index (χ0n) is 11.0. The van der Waals surface area contributed by atoms with Gasteiger partial charge in [0.1, 0.15) is 17.4 Å². The number of hydrogen-bond donors (Lipinski definition) is 0. The Hall–Kier alpha value is -1.16. The summed E-state index contributed by atoms with van der Waals surface area (Å²) in [6.45, 7) is 2.28. The van der Waals surface area contributed by atoms with Crippen molar-refractivity contribution in [3.05, 3.63) is 29.0 Å². The SMILES string of the molecule is CC1CCCCC1Oc1ccnc2cc(Br)cnc12. The fourth-order valence-electron chi connectivity index (χ4n) is 2.70. The monoisotopic (exact) mass is 320 g/mol. The zero-order valence-corrected chi connectivity index (χ0v) is 12.6. The highest BCUT2D eigenvalue weighted by atomic mass is 79.9. The summed E-state index contributed by atoms with van der Waals surface area (Å²) in [6, 6.07) is 3.89. The number of ether oxygens (including phenoxy) is 1. The number of rotatable bonds is 2. The molecule has 1 aliphatic rings. The molecule has 0 saturated heterocycles. The van der Waals surface area contributed by atoms with Gasteiger partial charge in [-0.2, -0.15) is 0 Å². The minimum absolute atomic E-state index is 0.310. The molecular formula is C15H17BrN2O. The molecule has 1 fully saturated rings. The molecule has 1 aliphatic carbocycles. The third-order valence-electron chi connectivity index (χ3n) is 3.82. The maximum atomic E-state index is 6.20. The highest BCUT2D eigenvalue weighted by Crippen LogP contribution is 2.31. The molecule has 2 aromatic heterocycles. The summed E-state index contributed by atoms with van der Waals surface area (Å²) in [6.07, 6.45) is 8.87. The topological polar surface area (TPSA) is 35.0 Å². The number of pyridine rings is 2. The fraction of sp³-hybridized carbons (Fsp3) is 0.467. The Morgan fingerprint density at radius 1 is 1.26 bits per heavy atom. The molecule has 0 bridgehead atoms. The lowest BCUT2D eigenvalue weighted by atomic mass is 9.88. The summed E-state index contributed by atoms with van der Waals surface area (Å²) >= 11 is 3.42. The van der Waals surface area contributed by atoms with Gasteiger partial charge in [-0.25, -0.2) is 4.98 Å². The molecule has 2 aromatic rings. The minimum Gasteiger partial charge on any atom is -0.488 e. The Kier molecular flexibility index (Phi) is 3.69. The number of fused-ring (bicyclic) bond motifs is 1. The van der Waals surface area contributed by atoms with Gasteiger partial charge in [-0.15, -0.1) is 0 Å². The number of hydrogen-bond acceptors (Lipinski definition) is 3. The Morgan fingerprint density at radius 2 is 2.11 bits per heavy atom. The second-order valence-electron chi connectivity index (χ2n) is 5.25. The molecule has 0 aliphatic heterocycles. The zero-order chi connectivity index (χ0) is 13.2. The van der Waals surface area contributed by atoms with Crippen molar-refractivity contribution >= 4 is 27.0 Å². The molecule has 19 heavy (non-hydrogen) atoms.